The van der Waals surface area contributed by atoms with Gasteiger partial charge in [-0.25, -0.2) is 0 Å². The van der Waals surface area contributed by atoms with E-state index in [1.807, 2.05) is 30.3 Å². The Morgan fingerprint density at radius 2 is 2.18 bits per heavy atom. The molecule has 0 unspecified atom stereocenters. The van der Waals surface area contributed by atoms with Gasteiger partial charge in [-0.2, -0.15) is 0 Å². The third-order valence-electron chi connectivity index (χ3n) is 2.55. The second kappa shape index (κ2) is 5.80. The molecule has 1 heterocycles. The first-order valence-corrected chi connectivity index (χ1v) is 5.68. The highest BCUT2D eigenvalue weighted by Crippen LogP contribution is 2.18. The summed E-state index contributed by atoms with van der Waals surface area (Å²) >= 11 is 0. The van der Waals surface area contributed by atoms with E-state index >= 15 is 0 Å². The highest BCUT2D eigenvalue weighted by Gasteiger charge is 2.28. The molecular weight excluding hydrogens is 220 g/mol. The Kier molecular flexibility index (Phi) is 4.12. The zero-order chi connectivity index (χ0) is 12.1. The van der Waals surface area contributed by atoms with Crippen LogP contribution in [0.5, 0.6) is 0 Å². The topological polar surface area (TPSA) is 44.8 Å². The second-order valence-corrected chi connectivity index (χ2v) is 4.03. The number of benzene rings is 1. The van der Waals surface area contributed by atoms with Crippen LogP contribution < -0.4 is 0 Å². The fraction of sp³-hybridized carbons (Fsp3) is 0.462. The summed E-state index contributed by atoms with van der Waals surface area (Å²) in [6, 6.07) is 9.95. The van der Waals surface area contributed by atoms with Crippen LogP contribution >= 0.6 is 0 Å². The van der Waals surface area contributed by atoms with Gasteiger partial charge < -0.3 is 14.2 Å². The Bertz CT molecular complexity index is 363. The van der Waals surface area contributed by atoms with Crippen molar-refractivity contribution < 1.29 is 19.0 Å². The SMILES string of the molecule is CC(=O)O[C@@H]1C[C@@H](OCc2ccccc2)CO1. The molecule has 0 amide bonds. The minimum Gasteiger partial charge on any atom is -0.436 e. The van der Waals surface area contributed by atoms with Gasteiger partial charge in [0, 0.05) is 13.3 Å². The summed E-state index contributed by atoms with van der Waals surface area (Å²) in [6.07, 6.45) is 0.153. The van der Waals surface area contributed by atoms with Crippen LogP contribution in [0.25, 0.3) is 0 Å². The molecule has 1 aliphatic rings. The lowest BCUT2D eigenvalue weighted by Crippen LogP contribution is -2.16. The zero-order valence-electron chi connectivity index (χ0n) is 9.80. The van der Waals surface area contributed by atoms with E-state index in [4.69, 9.17) is 14.2 Å². The molecule has 0 bridgehead atoms. The van der Waals surface area contributed by atoms with Crippen LogP contribution in [0, 0.1) is 0 Å². The minimum atomic E-state index is -0.451. The third kappa shape index (κ3) is 3.84. The lowest BCUT2D eigenvalue weighted by atomic mass is 10.2. The van der Waals surface area contributed by atoms with Crippen molar-refractivity contribution in [3.63, 3.8) is 0 Å². The zero-order valence-corrected chi connectivity index (χ0v) is 9.80. The Morgan fingerprint density at radius 1 is 1.41 bits per heavy atom. The third-order valence-corrected chi connectivity index (χ3v) is 2.55. The van der Waals surface area contributed by atoms with Crippen molar-refractivity contribution in [1.29, 1.82) is 0 Å². The second-order valence-electron chi connectivity index (χ2n) is 4.03. The van der Waals surface area contributed by atoms with E-state index in [0.29, 0.717) is 19.6 Å². The van der Waals surface area contributed by atoms with Crippen molar-refractivity contribution in [2.75, 3.05) is 6.61 Å². The molecule has 1 saturated heterocycles. The van der Waals surface area contributed by atoms with Gasteiger partial charge in [-0.05, 0) is 5.56 Å². The average molecular weight is 236 g/mol. The van der Waals surface area contributed by atoms with Crippen LogP contribution in [0.2, 0.25) is 0 Å². The largest absolute Gasteiger partial charge is 0.436 e. The molecule has 0 spiro atoms. The standard InChI is InChI=1S/C13H16O4/c1-10(14)17-13-7-12(9-16-13)15-8-11-5-3-2-4-6-11/h2-6,12-13H,7-9H2,1H3/t12-,13-/m1/s1. The Balaban J connectivity index is 1.73. The number of ether oxygens (including phenoxy) is 3. The van der Waals surface area contributed by atoms with Gasteiger partial charge in [0.2, 0.25) is 6.29 Å². The molecule has 0 aromatic heterocycles. The van der Waals surface area contributed by atoms with Gasteiger partial charge in [0.1, 0.15) is 0 Å². The summed E-state index contributed by atoms with van der Waals surface area (Å²) in [4.78, 5) is 10.7. The lowest BCUT2D eigenvalue weighted by molar-refractivity contribution is -0.166. The maximum atomic E-state index is 10.7. The number of hydrogen-bond acceptors (Lipinski definition) is 4. The molecule has 2 rings (SSSR count). The first kappa shape index (κ1) is 12.1. The fourth-order valence-corrected chi connectivity index (χ4v) is 1.74. The van der Waals surface area contributed by atoms with Crippen LogP contribution in [0.1, 0.15) is 18.9 Å². The molecule has 4 heteroatoms. The smallest absolute Gasteiger partial charge is 0.304 e. The molecule has 1 fully saturated rings. The maximum Gasteiger partial charge on any atom is 0.304 e. The maximum absolute atomic E-state index is 10.7. The van der Waals surface area contributed by atoms with Crippen LogP contribution in [-0.4, -0.2) is 25.0 Å². The molecule has 92 valence electrons. The summed E-state index contributed by atoms with van der Waals surface area (Å²) in [5.74, 6) is -0.321. The first-order chi connectivity index (χ1) is 8.24. The number of rotatable bonds is 4. The molecule has 0 saturated carbocycles. The highest BCUT2D eigenvalue weighted by atomic mass is 16.7. The number of carbonyl (C=O) groups is 1. The molecule has 0 N–H and O–H groups in total. The minimum absolute atomic E-state index is 0.000411. The number of hydrogen-bond donors (Lipinski definition) is 0. The summed E-state index contributed by atoms with van der Waals surface area (Å²) < 4.78 is 15.9. The van der Waals surface area contributed by atoms with Crippen molar-refractivity contribution in [2.24, 2.45) is 0 Å². The van der Waals surface area contributed by atoms with Gasteiger partial charge in [-0.15, -0.1) is 0 Å². The van der Waals surface area contributed by atoms with Crippen LogP contribution in [0.4, 0.5) is 0 Å². The van der Waals surface area contributed by atoms with E-state index in [-0.39, 0.29) is 12.1 Å². The van der Waals surface area contributed by atoms with Crippen molar-refractivity contribution in [2.45, 2.75) is 32.3 Å². The van der Waals surface area contributed by atoms with Crippen molar-refractivity contribution in [3.05, 3.63) is 35.9 Å². The van der Waals surface area contributed by atoms with E-state index in [1.165, 1.54) is 6.92 Å². The average Bonchev–Trinajstić information content (AvgIpc) is 2.75. The van der Waals surface area contributed by atoms with E-state index in [1.54, 1.807) is 0 Å². The first-order valence-electron chi connectivity index (χ1n) is 5.68. The van der Waals surface area contributed by atoms with Gasteiger partial charge in [-0.1, -0.05) is 30.3 Å². The summed E-state index contributed by atoms with van der Waals surface area (Å²) in [5.41, 5.74) is 1.13. The van der Waals surface area contributed by atoms with E-state index in [0.717, 1.165) is 5.56 Å². The molecule has 2 atom stereocenters. The van der Waals surface area contributed by atoms with Crippen LogP contribution in [0.3, 0.4) is 0 Å². The van der Waals surface area contributed by atoms with E-state index in [9.17, 15) is 4.79 Å². The van der Waals surface area contributed by atoms with Crippen LogP contribution in [-0.2, 0) is 25.6 Å². The quantitative estimate of drug-likeness (QED) is 0.749. The Labute approximate surface area is 100 Å². The molecule has 1 aromatic rings. The number of esters is 1. The van der Waals surface area contributed by atoms with Gasteiger partial charge >= 0.3 is 5.97 Å². The van der Waals surface area contributed by atoms with Crippen molar-refractivity contribution in [1.82, 2.24) is 0 Å². The highest BCUT2D eigenvalue weighted by molar-refractivity contribution is 5.66. The van der Waals surface area contributed by atoms with E-state index in [2.05, 4.69) is 0 Å². The molecule has 1 aromatic carbocycles. The van der Waals surface area contributed by atoms with Gasteiger partial charge in [-0.3, -0.25) is 4.79 Å². The predicted octanol–water partition coefficient (Wildman–Crippen LogP) is 1.88. The van der Waals surface area contributed by atoms with Gasteiger partial charge in [0.05, 0.1) is 19.3 Å². The molecule has 1 aliphatic heterocycles. The Hall–Kier alpha value is -1.39. The molecule has 4 nitrogen and oxygen atoms in total. The van der Waals surface area contributed by atoms with Crippen molar-refractivity contribution in [3.8, 4) is 0 Å². The molecular formula is C13H16O4. The summed E-state index contributed by atoms with van der Waals surface area (Å²) in [6.45, 7) is 2.41. The van der Waals surface area contributed by atoms with E-state index < -0.39 is 6.29 Å². The molecule has 0 aliphatic carbocycles. The van der Waals surface area contributed by atoms with Gasteiger partial charge in [0.15, 0.2) is 0 Å². The monoisotopic (exact) mass is 236 g/mol. The fourth-order valence-electron chi connectivity index (χ4n) is 1.74. The molecule has 17 heavy (non-hydrogen) atoms. The van der Waals surface area contributed by atoms with Gasteiger partial charge in [0.25, 0.3) is 0 Å². The van der Waals surface area contributed by atoms with Crippen molar-refractivity contribution >= 4 is 5.97 Å². The Morgan fingerprint density at radius 3 is 2.88 bits per heavy atom. The summed E-state index contributed by atoms with van der Waals surface area (Å²) in [5, 5.41) is 0. The number of carbonyl (C=O) groups excluding carboxylic acids is 1. The summed E-state index contributed by atoms with van der Waals surface area (Å²) in [7, 11) is 0. The van der Waals surface area contributed by atoms with Crippen LogP contribution in [0.15, 0.2) is 30.3 Å². The lowest BCUT2D eigenvalue weighted by Gasteiger charge is -2.10. The predicted molar refractivity (Wildman–Crippen MR) is 61.1 cm³/mol. The normalized spacial score (nSPS) is 23.6. The molecule has 0 radical (unpaired) electrons.